The average Bonchev–Trinajstić information content (AvgIpc) is 2.82. The minimum absolute atomic E-state index is 0.327. The number of furan rings is 1. The molecule has 0 aliphatic heterocycles. The quantitative estimate of drug-likeness (QED) is 0.831. The Morgan fingerprint density at radius 2 is 2.11 bits per heavy atom. The van der Waals surface area contributed by atoms with E-state index in [1.807, 2.05) is 12.1 Å². The maximum absolute atomic E-state index is 5.92. The summed E-state index contributed by atoms with van der Waals surface area (Å²) in [6.07, 6.45) is 6.65. The molecule has 2 nitrogen and oxygen atoms in total. The Hall–Kier alpha value is -0.470. The maximum Gasteiger partial charge on any atom is 0.193 e. The summed E-state index contributed by atoms with van der Waals surface area (Å²) in [5.41, 5.74) is 0. The van der Waals surface area contributed by atoms with Crippen LogP contribution in [-0.4, -0.2) is 6.54 Å². The first-order chi connectivity index (χ1) is 8.76. The third-order valence-electron chi connectivity index (χ3n) is 4.24. The summed E-state index contributed by atoms with van der Waals surface area (Å²) in [5.74, 6) is 2.50. The lowest BCUT2D eigenvalue weighted by Gasteiger charge is -2.36. The summed E-state index contributed by atoms with van der Waals surface area (Å²) in [6.45, 7) is 5.43. The van der Waals surface area contributed by atoms with Crippen molar-refractivity contribution in [3.8, 4) is 0 Å². The molecule has 0 aromatic carbocycles. The maximum atomic E-state index is 5.92. The predicted molar refractivity (Wildman–Crippen MR) is 75.9 cm³/mol. The molecule has 1 aromatic heterocycles. The lowest BCUT2D eigenvalue weighted by atomic mass is 9.73. The van der Waals surface area contributed by atoms with E-state index >= 15 is 0 Å². The molecule has 18 heavy (non-hydrogen) atoms. The highest BCUT2D eigenvalue weighted by Crippen LogP contribution is 2.40. The van der Waals surface area contributed by atoms with E-state index in [0.29, 0.717) is 17.2 Å². The summed E-state index contributed by atoms with van der Waals surface area (Å²) < 4.78 is 5.65. The van der Waals surface area contributed by atoms with E-state index in [1.165, 1.54) is 32.1 Å². The summed E-state index contributed by atoms with van der Waals surface area (Å²) in [4.78, 5) is 0. The van der Waals surface area contributed by atoms with E-state index in [-0.39, 0.29) is 0 Å². The molecular weight excluding hydrogens is 246 g/mol. The van der Waals surface area contributed by atoms with Crippen molar-refractivity contribution >= 4 is 11.6 Å². The molecule has 1 aromatic rings. The molecule has 3 unspecified atom stereocenters. The van der Waals surface area contributed by atoms with E-state index in [0.717, 1.165) is 18.2 Å². The van der Waals surface area contributed by atoms with Crippen LogP contribution in [0.15, 0.2) is 16.5 Å². The van der Waals surface area contributed by atoms with Crippen LogP contribution in [0.5, 0.6) is 0 Å². The zero-order valence-corrected chi connectivity index (χ0v) is 12.2. The molecule has 0 saturated heterocycles. The fraction of sp³-hybridized carbons (Fsp3) is 0.733. The molecule has 0 radical (unpaired) electrons. The third kappa shape index (κ3) is 3.10. The summed E-state index contributed by atoms with van der Waals surface area (Å²) in [7, 11) is 0. The number of hydrogen-bond acceptors (Lipinski definition) is 2. The number of rotatable bonds is 5. The second-order valence-corrected chi connectivity index (χ2v) is 5.67. The molecule has 0 amide bonds. The molecular formula is C15H24ClNO. The fourth-order valence-electron chi connectivity index (χ4n) is 3.36. The average molecular weight is 270 g/mol. The van der Waals surface area contributed by atoms with Crippen LogP contribution in [0, 0.1) is 11.8 Å². The van der Waals surface area contributed by atoms with E-state index < -0.39 is 0 Å². The molecule has 1 heterocycles. The third-order valence-corrected chi connectivity index (χ3v) is 4.45. The molecule has 3 atom stereocenters. The first-order valence-corrected chi connectivity index (χ1v) is 7.62. The Labute approximate surface area is 115 Å². The van der Waals surface area contributed by atoms with Crippen LogP contribution in [0.25, 0.3) is 0 Å². The van der Waals surface area contributed by atoms with Crippen molar-refractivity contribution < 1.29 is 4.42 Å². The van der Waals surface area contributed by atoms with Gasteiger partial charge in [0.25, 0.3) is 0 Å². The van der Waals surface area contributed by atoms with Crippen molar-refractivity contribution in [1.82, 2.24) is 5.32 Å². The summed E-state index contributed by atoms with van der Waals surface area (Å²) in [5, 5.41) is 4.09. The lowest BCUT2D eigenvalue weighted by molar-refractivity contribution is 0.162. The van der Waals surface area contributed by atoms with Gasteiger partial charge in [0.15, 0.2) is 5.22 Å². The zero-order valence-electron chi connectivity index (χ0n) is 11.4. The molecule has 1 aliphatic rings. The predicted octanol–water partition coefficient (Wildman–Crippen LogP) is 4.80. The van der Waals surface area contributed by atoms with E-state index in [2.05, 4.69) is 19.2 Å². The van der Waals surface area contributed by atoms with Gasteiger partial charge in [0, 0.05) is 0 Å². The summed E-state index contributed by atoms with van der Waals surface area (Å²) in [6, 6.07) is 4.20. The Balaban J connectivity index is 2.17. The molecule has 102 valence electrons. The molecule has 1 aliphatic carbocycles. The van der Waals surface area contributed by atoms with Gasteiger partial charge in [0.2, 0.25) is 0 Å². The molecule has 0 bridgehead atoms. The summed E-state index contributed by atoms with van der Waals surface area (Å²) >= 11 is 5.92. The first kappa shape index (κ1) is 14.0. The van der Waals surface area contributed by atoms with Gasteiger partial charge in [-0.3, -0.25) is 0 Å². The van der Waals surface area contributed by atoms with Crippen molar-refractivity contribution in [2.75, 3.05) is 6.54 Å². The van der Waals surface area contributed by atoms with E-state index in [9.17, 15) is 0 Å². The SMILES string of the molecule is CCNC(c1ccc(Cl)o1)C1CCCCC1CC. The first-order valence-electron chi connectivity index (χ1n) is 7.24. The smallest absolute Gasteiger partial charge is 0.193 e. The van der Waals surface area contributed by atoms with Gasteiger partial charge in [0.1, 0.15) is 5.76 Å². The largest absolute Gasteiger partial charge is 0.448 e. The van der Waals surface area contributed by atoms with E-state index in [4.69, 9.17) is 16.0 Å². The molecule has 1 N–H and O–H groups in total. The minimum atomic E-state index is 0.327. The van der Waals surface area contributed by atoms with Crippen molar-refractivity contribution in [3.63, 3.8) is 0 Å². The zero-order chi connectivity index (χ0) is 13.0. The van der Waals surface area contributed by atoms with E-state index in [1.54, 1.807) is 0 Å². The molecule has 3 heteroatoms. The van der Waals surface area contributed by atoms with Crippen molar-refractivity contribution in [1.29, 1.82) is 0 Å². The van der Waals surface area contributed by atoms with Gasteiger partial charge in [-0.15, -0.1) is 0 Å². The fourth-order valence-corrected chi connectivity index (χ4v) is 3.51. The van der Waals surface area contributed by atoms with Gasteiger partial charge < -0.3 is 9.73 Å². The van der Waals surface area contributed by atoms with Crippen molar-refractivity contribution in [2.24, 2.45) is 11.8 Å². The molecule has 0 spiro atoms. The molecule has 2 rings (SSSR count). The highest BCUT2D eigenvalue weighted by molar-refractivity contribution is 6.28. The lowest BCUT2D eigenvalue weighted by Crippen LogP contribution is -2.34. The van der Waals surface area contributed by atoms with Crippen LogP contribution < -0.4 is 5.32 Å². The van der Waals surface area contributed by atoms with Crippen LogP contribution in [-0.2, 0) is 0 Å². The van der Waals surface area contributed by atoms with Gasteiger partial charge in [-0.2, -0.15) is 0 Å². The number of halogens is 1. The van der Waals surface area contributed by atoms with Gasteiger partial charge in [-0.05, 0) is 48.5 Å². The number of hydrogen-bond donors (Lipinski definition) is 1. The Bertz CT molecular complexity index is 363. The van der Waals surface area contributed by atoms with Gasteiger partial charge in [-0.25, -0.2) is 0 Å². The van der Waals surface area contributed by atoms with Crippen molar-refractivity contribution in [2.45, 2.75) is 52.0 Å². The molecule has 1 saturated carbocycles. The Morgan fingerprint density at radius 3 is 2.72 bits per heavy atom. The monoisotopic (exact) mass is 269 g/mol. The topological polar surface area (TPSA) is 25.2 Å². The second-order valence-electron chi connectivity index (χ2n) is 5.29. The standard InChI is InChI=1S/C15H24ClNO/c1-3-11-7-5-6-8-12(11)15(17-4-2)13-9-10-14(16)18-13/h9-12,15,17H,3-8H2,1-2H3. The minimum Gasteiger partial charge on any atom is -0.448 e. The normalized spacial score (nSPS) is 26.2. The molecule has 1 fully saturated rings. The number of nitrogens with one attached hydrogen (secondary N) is 1. The highest BCUT2D eigenvalue weighted by atomic mass is 35.5. The van der Waals surface area contributed by atoms with Gasteiger partial charge in [0.05, 0.1) is 6.04 Å². The Morgan fingerprint density at radius 1 is 1.33 bits per heavy atom. The van der Waals surface area contributed by atoms with Crippen LogP contribution in [0.4, 0.5) is 0 Å². The van der Waals surface area contributed by atoms with Gasteiger partial charge in [-0.1, -0.05) is 39.5 Å². The van der Waals surface area contributed by atoms with Crippen LogP contribution in [0.2, 0.25) is 5.22 Å². The highest BCUT2D eigenvalue weighted by Gasteiger charge is 2.32. The Kier molecular flexibility index (Phi) is 5.13. The van der Waals surface area contributed by atoms with Crippen LogP contribution in [0.3, 0.4) is 0 Å². The van der Waals surface area contributed by atoms with Crippen LogP contribution in [0.1, 0.15) is 57.8 Å². The van der Waals surface area contributed by atoms with Gasteiger partial charge >= 0.3 is 0 Å². The second kappa shape index (κ2) is 6.63. The van der Waals surface area contributed by atoms with Crippen LogP contribution >= 0.6 is 11.6 Å². The van der Waals surface area contributed by atoms with Crippen molar-refractivity contribution in [3.05, 3.63) is 23.1 Å².